The third kappa shape index (κ3) is 4.59. The van der Waals surface area contributed by atoms with Crippen molar-refractivity contribution < 1.29 is 23.0 Å². The average Bonchev–Trinajstić information content (AvgIpc) is 2.77. The number of para-hydroxylation sites is 2. The molecule has 0 bridgehead atoms. The molecule has 154 valence electrons. The molecular formula is C24H21F2NO3. The van der Waals surface area contributed by atoms with E-state index in [1.165, 1.54) is 12.1 Å². The summed E-state index contributed by atoms with van der Waals surface area (Å²) in [6, 6.07) is 19.7. The van der Waals surface area contributed by atoms with Gasteiger partial charge >= 0.3 is 0 Å². The molecule has 30 heavy (non-hydrogen) atoms. The molecule has 3 aromatic carbocycles. The number of hydrogen-bond donors (Lipinski definition) is 0. The first-order valence-corrected chi connectivity index (χ1v) is 9.83. The number of amides is 1. The number of piperidine rings is 1. The predicted octanol–water partition coefficient (Wildman–Crippen LogP) is 5.44. The summed E-state index contributed by atoms with van der Waals surface area (Å²) >= 11 is 0. The lowest BCUT2D eigenvalue weighted by Crippen LogP contribution is -2.42. The third-order valence-corrected chi connectivity index (χ3v) is 5.01. The number of benzene rings is 3. The van der Waals surface area contributed by atoms with E-state index in [1.807, 2.05) is 36.4 Å². The molecule has 1 aliphatic heterocycles. The topological polar surface area (TPSA) is 38.8 Å². The molecule has 6 heteroatoms. The first kappa shape index (κ1) is 19.9. The van der Waals surface area contributed by atoms with Gasteiger partial charge in [0, 0.05) is 32.0 Å². The molecule has 0 unspecified atom stereocenters. The molecular weight excluding hydrogens is 388 g/mol. The van der Waals surface area contributed by atoms with Gasteiger partial charge in [0.1, 0.15) is 23.4 Å². The molecule has 4 nitrogen and oxygen atoms in total. The summed E-state index contributed by atoms with van der Waals surface area (Å²) < 4.78 is 38.4. The Bertz CT molecular complexity index is 1020. The number of ether oxygens (including phenoxy) is 2. The molecule has 0 spiro atoms. The number of likely N-dealkylation sites (tertiary alicyclic amines) is 1. The molecule has 3 aromatic rings. The quantitative estimate of drug-likeness (QED) is 0.563. The van der Waals surface area contributed by atoms with E-state index in [-0.39, 0.29) is 17.8 Å². The van der Waals surface area contributed by atoms with Gasteiger partial charge in [0.25, 0.3) is 5.91 Å². The molecule has 0 aromatic heterocycles. The van der Waals surface area contributed by atoms with Crippen molar-refractivity contribution in [2.45, 2.75) is 18.9 Å². The largest absolute Gasteiger partial charge is 0.487 e. The highest BCUT2D eigenvalue weighted by Crippen LogP contribution is 2.28. The maximum Gasteiger partial charge on any atom is 0.257 e. The smallest absolute Gasteiger partial charge is 0.257 e. The van der Waals surface area contributed by atoms with Crippen LogP contribution in [0.3, 0.4) is 0 Å². The van der Waals surface area contributed by atoms with Crippen LogP contribution in [0, 0.1) is 11.6 Å². The Morgan fingerprint density at radius 1 is 0.867 bits per heavy atom. The fourth-order valence-electron chi connectivity index (χ4n) is 3.45. The van der Waals surface area contributed by atoms with Gasteiger partial charge in [-0.25, -0.2) is 8.78 Å². The van der Waals surface area contributed by atoms with E-state index in [1.54, 1.807) is 23.1 Å². The lowest BCUT2D eigenvalue weighted by atomic mass is 10.1. The van der Waals surface area contributed by atoms with Crippen LogP contribution in [0.5, 0.6) is 17.2 Å². The maximum absolute atomic E-state index is 13.8. The van der Waals surface area contributed by atoms with Crippen LogP contribution in [0.1, 0.15) is 23.2 Å². The van der Waals surface area contributed by atoms with Gasteiger partial charge in [0.05, 0.1) is 5.56 Å². The summed E-state index contributed by atoms with van der Waals surface area (Å²) in [5.41, 5.74) is 0.491. The Labute approximate surface area is 173 Å². The summed E-state index contributed by atoms with van der Waals surface area (Å²) in [7, 11) is 0. The first-order valence-electron chi connectivity index (χ1n) is 9.83. The van der Waals surface area contributed by atoms with Crippen molar-refractivity contribution in [3.63, 3.8) is 0 Å². The number of halogens is 2. The summed E-state index contributed by atoms with van der Waals surface area (Å²) in [5.74, 6) is -0.292. The first-order chi connectivity index (χ1) is 14.6. The summed E-state index contributed by atoms with van der Waals surface area (Å²) in [6.07, 6.45) is 0.888. The van der Waals surface area contributed by atoms with E-state index in [9.17, 15) is 13.6 Å². The van der Waals surface area contributed by atoms with E-state index in [4.69, 9.17) is 9.47 Å². The van der Waals surface area contributed by atoms with E-state index >= 15 is 0 Å². The summed E-state index contributed by atoms with van der Waals surface area (Å²) in [5, 5.41) is 0. The Balaban J connectivity index is 1.40. The molecule has 4 rings (SSSR count). The molecule has 0 saturated carbocycles. The summed E-state index contributed by atoms with van der Waals surface area (Å²) in [6.45, 7) is 0.956. The molecule has 0 aliphatic carbocycles. The second-order valence-corrected chi connectivity index (χ2v) is 7.10. The van der Waals surface area contributed by atoms with Crippen LogP contribution in [0.2, 0.25) is 0 Å². The molecule has 1 aliphatic rings. The highest BCUT2D eigenvalue weighted by Gasteiger charge is 2.27. The van der Waals surface area contributed by atoms with Crippen LogP contribution in [-0.4, -0.2) is 30.0 Å². The fraction of sp³-hybridized carbons (Fsp3) is 0.208. The molecule has 1 fully saturated rings. The Hall–Kier alpha value is -3.41. The zero-order chi connectivity index (χ0) is 20.9. The van der Waals surface area contributed by atoms with Gasteiger partial charge in [0.2, 0.25) is 0 Å². The van der Waals surface area contributed by atoms with Crippen molar-refractivity contribution in [1.29, 1.82) is 0 Å². The van der Waals surface area contributed by atoms with Crippen LogP contribution in [-0.2, 0) is 0 Å². The lowest BCUT2D eigenvalue weighted by Gasteiger charge is -2.32. The minimum atomic E-state index is -0.722. The molecule has 0 radical (unpaired) electrons. The third-order valence-electron chi connectivity index (χ3n) is 5.01. The summed E-state index contributed by atoms with van der Waals surface area (Å²) in [4.78, 5) is 14.8. The van der Waals surface area contributed by atoms with E-state index in [0.717, 1.165) is 6.07 Å². The Kier molecular flexibility index (Phi) is 5.93. The molecule has 1 heterocycles. The van der Waals surface area contributed by atoms with Crippen molar-refractivity contribution in [2.24, 2.45) is 0 Å². The Morgan fingerprint density at radius 2 is 1.57 bits per heavy atom. The van der Waals surface area contributed by atoms with Gasteiger partial charge in [-0.1, -0.05) is 30.3 Å². The van der Waals surface area contributed by atoms with Crippen LogP contribution >= 0.6 is 0 Å². The van der Waals surface area contributed by atoms with Gasteiger partial charge in [-0.15, -0.1) is 0 Å². The number of carbonyl (C=O) groups is 1. The van der Waals surface area contributed by atoms with Crippen molar-refractivity contribution in [1.82, 2.24) is 4.90 Å². The molecule has 0 atom stereocenters. The predicted molar refractivity (Wildman–Crippen MR) is 109 cm³/mol. The van der Waals surface area contributed by atoms with Crippen LogP contribution in [0.4, 0.5) is 8.78 Å². The molecule has 1 saturated heterocycles. The van der Waals surface area contributed by atoms with Gasteiger partial charge < -0.3 is 14.4 Å². The van der Waals surface area contributed by atoms with Gasteiger partial charge in [-0.05, 0) is 36.4 Å². The fourth-order valence-corrected chi connectivity index (χ4v) is 3.45. The van der Waals surface area contributed by atoms with Gasteiger partial charge in [-0.2, -0.15) is 0 Å². The van der Waals surface area contributed by atoms with Crippen molar-refractivity contribution in [3.05, 3.63) is 90.0 Å². The van der Waals surface area contributed by atoms with E-state index in [2.05, 4.69) is 0 Å². The maximum atomic E-state index is 13.8. The SMILES string of the molecule is O=C(c1ccccc1Oc1ccccc1)N1CCC(Oc2ccc(F)cc2F)CC1. The Morgan fingerprint density at radius 3 is 2.30 bits per heavy atom. The van der Waals surface area contributed by atoms with E-state index in [0.29, 0.717) is 43.0 Å². The van der Waals surface area contributed by atoms with Crippen LogP contribution in [0.25, 0.3) is 0 Å². The highest BCUT2D eigenvalue weighted by atomic mass is 19.1. The zero-order valence-corrected chi connectivity index (χ0v) is 16.3. The van der Waals surface area contributed by atoms with Crippen LogP contribution in [0.15, 0.2) is 72.8 Å². The number of hydrogen-bond acceptors (Lipinski definition) is 3. The standard InChI is InChI=1S/C24H21F2NO3/c25-17-10-11-23(21(26)16-17)30-19-12-14-27(15-13-19)24(28)20-8-4-5-9-22(20)29-18-6-2-1-3-7-18/h1-11,16,19H,12-15H2. The monoisotopic (exact) mass is 409 g/mol. The van der Waals surface area contributed by atoms with Crippen molar-refractivity contribution in [2.75, 3.05) is 13.1 Å². The zero-order valence-electron chi connectivity index (χ0n) is 16.3. The minimum Gasteiger partial charge on any atom is -0.487 e. The van der Waals surface area contributed by atoms with Gasteiger partial charge in [-0.3, -0.25) is 4.79 Å². The molecule has 0 N–H and O–H groups in total. The number of nitrogens with zero attached hydrogens (tertiary/aromatic N) is 1. The number of carbonyl (C=O) groups excluding carboxylic acids is 1. The van der Waals surface area contributed by atoms with Crippen molar-refractivity contribution in [3.8, 4) is 17.2 Å². The average molecular weight is 409 g/mol. The second kappa shape index (κ2) is 8.95. The number of rotatable bonds is 5. The normalized spacial score (nSPS) is 14.4. The van der Waals surface area contributed by atoms with Crippen LogP contribution < -0.4 is 9.47 Å². The van der Waals surface area contributed by atoms with E-state index < -0.39 is 11.6 Å². The highest BCUT2D eigenvalue weighted by molar-refractivity contribution is 5.97. The minimum absolute atomic E-state index is 0.0304. The van der Waals surface area contributed by atoms with Crippen molar-refractivity contribution >= 4 is 5.91 Å². The second-order valence-electron chi connectivity index (χ2n) is 7.10. The van der Waals surface area contributed by atoms with Gasteiger partial charge in [0.15, 0.2) is 11.6 Å². The lowest BCUT2D eigenvalue weighted by molar-refractivity contribution is 0.0586. The molecule has 1 amide bonds.